The van der Waals surface area contributed by atoms with E-state index in [2.05, 4.69) is 6.92 Å². The molecule has 3 atom stereocenters. The third-order valence-corrected chi connectivity index (χ3v) is 6.59. The zero-order valence-electron chi connectivity index (χ0n) is 16.6. The Hall–Kier alpha value is -2.11. The van der Waals surface area contributed by atoms with Crippen molar-refractivity contribution in [1.29, 1.82) is 0 Å². The number of piperazine rings is 1. The number of nitrogens with zero attached hydrogens (tertiary/aromatic N) is 3. The number of carbonyl (C=O) groups is 2. The highest BCUT2D eigenvalue weighted by molar-refractivity contribution is 5.92. The summed E-state index contributed by atoms with van der Waals surface area (Å²) in [6, 6.07) is 7.12. The number of amides is 2. The van der Waals surface area contributed by atoms with Gasteiger partial charge in [-0.2, -0.15) is 0 Å². The molecule has 0 N–H and O–H groups in total. The van der Waals surface area contributed by atoms with Crippen molar-refractivity contribution < 1.29 is 14.0 Å². The summed E-state index contributed by atoms with van der Waals surface area (Å²) in [6.07, 6.45) is 5.05. The van der Waals surface area contributed by atoms with Crippen LogP contribution in [0.3, 0.4) is 0 Å². The van der Waals surface area contributed by atoms with Crippen molar-refractivity contribution in [3.05, 3.63) is 30.1 Å². The van der Waals surface area contributed by atoms with E-state index in [1.165, 1.54) is 12.5 Å². The van der Waals surface area contributed by atoms with Crippen molar-refractivity contribution in [2.45, 2.75) is 45.1 Å². The third-order valence-electron chi connectivity index (χ3n) is 6.59. The summed E-state index contributed by atoms with van der Waals surface area (Å²) in [5.41, 5.74) is 0.602. The molecule has 152 valence electrons. The summed E-state index contributed by atoms with van der Waals surface area (Å²) in [7, 11) is 0. The van der Waals surface area contributed by atoms with Crippen LogP contribution in [0.1, 0.15) is 39.0 Å². The van der Waals surface area contributed by atoms with Gasteiger partial charge in [-0.05, 0) is 44.2 Å². The maximum atomic E-state index is 14.0. The molecule has 3 fully saturated rings. The number of hydrogen-bond acceptors (Lipinski definition) is 3. The lowest BCUT2D eigenvalue weighted by molar-refractivity contribution is -0.140. The highest BCUT2D eigenvalue weighted by Crippen LogP contribution is 2.42. The normalized spacial score (nSPS) is 27.6. The summed E-state index contributed by atoms with van der Waals surface area (Å²) >= 11 is 0. The Kier molecular flexibility index (Phi) is 5.56. The van der Waals surface area contributed by atoms with Gasteiger partial charge in [0, 0.05) is 38.8 Å². The molecule has 1 saturated carbocycles. The first kappa shape index (κ1) is 19.2. The smallest absolute Gasteiger partial charge is 0.226 e. The maximum absolute atomic E-state index is 14.0. The molecule has 1 aromatic rings. The van der Waals surface area contributed by atoms with Crippen molar-refractivity contribution >= 4 is 17.5 Å². The fourth-order valence-electron chi connectivity index (χ4n) is 4.78. The summed E-state index contributed by atoms with van der Waals surface area (Å²) < 4.78 is 14.0. The lowest BCUT2D eigenvalue weighted by Crippen LogP contribution is -2.50. The predicted molar refractivity (Wildman–Crippen MR) is 106 cm³/mol. The van der Waals surface area contributed by atoms with Crippen LogP contribution in [-0.4, -0.2) is 60.4 Å². The fourth-order valence-corrected chi connectivity index (χ4v) is 4.78. The molecule has 5 nitrogen and oxygen atoms in total. The molecule has 2 aliphatic heterocycles. The Morgan fingerprint density at radius 2 is 1.71 bits per heavy atom. The average molecular weight is 387 g/mol. The topological polar surface area (TPSA) is 43.9 Å². The number of carbonyl (C=O) groups excluding carboxylic acids is 2. The van der Waals surface area contributed by atoms with Crippen molar-refractivity contribution in [3.8, 4) is 0 Å². The van der Waals surface area contributed by atoms with Crippen LogP contribution < -0.4 is 4.90 Å². The number of likely N-dealkylation sites (tertiary alicyclic amines) is 1. The Bertz CT molecular complexity index is 732. The summed E-state index contributed by atoms with van der Waals surface area (Å²) in [5, 5.41) is 0. The highest BCUT2D eigenvalue weighted by atomic mass is 19.1. The zero-order valence-corrected chi connectivity index (χ0v) is 16.6. The van der Waals surface area contributed by atoms with Gasteiger partial charge in [-0.3, -0.25) is 9.59 Å². The van der Waals surface area contributed by atoms with Gasteiger partial charge < -0.3 is 14.7 Å². The Morgan fingerprint density at radius 1 is 1.00 bits per heavy atom. The molecule has 2 saturated heterocycles. The number of rotatable bonds is 4. The van der Waals surface area contributed by atoms with E-state index in [-0.39, 0.29) is 29.5 Å². The van der Waals surface area contributed by atoms with Gasteiger partial charge in [0.25, 0.3) is 0 Å². The second-order valence-electron chi connectivity index (χ2n) is 8.30. The molecular formula is C22H30FN3O2. The Balaban J connectivity index is 1.31. The first-order valence-corrected chi connectivity index (χ1v) is 10.7. The van der Waals surface area contributed by atoms with Gasteiger partial charge in [-0.25, -0.2) is 4.39 Å². The minimum atomic E-state index is -0.220. The molecule has 0 bridgehead atoms. The van der Waals surface area contributed by atoms with Gasteiger partial charge in [0.05, 0.1) is 17.5 Å². The van der Waals surface area contributed by atoms with Gasteiger partial charge in [-0.1, -0.05) is 19.1 Å². The number of para-hydroxylation sites is 1. The third kappa shape index (κ3) is 3.74. The zero-order chi connectivity index (χ0) is 19.7. The molecule has 1 aliphatic carbocycles. The van der Waals surface area contributed by atoms with Gasteiger partial charge in [0.2, 0.25) is 11.8 Å². The molecule has 3 unspecified atom stereocenters. The maximum Gasteiger partial charge on any atom is 0.226 e. The molecule has 2 heterocycles. The van der Waals surface area contributed by atoms with Crippen molar-refractivity contribution in [3.63, 3.8) is 0 Å². The first-order chi connectivity index (χ1) is 13.6. The van der Waals surface area contributed by atoms with Crippen LogP contribution >= 0.6 is 0 Å². The van der Waals surface area contributed by atoms with Crippen LogP contribution in [0, 0.1) is 17.7 Å². The van der Waals surface area contributed by atoms with Crippen molar-refractivity contribution in [2.75, 3.05) is 37.6 Å². The van der Waals surface area contributed by atoms with Crippen LogP contribution in [0.25, 0.3) is 0 Å². The van der Waals surface area contributed by atoms with E-state index in [0.717, 1.165) is 25.8 Å². The standard InChI is InChI=1S/C22H30FN3O2/c1-2-16-7-5-6-10-26(16)22(28)18-15-17(18)21(27)25-13-11-24(12-14-25)20-9-4-3-8-19(20)23/h3-4,8-9,16-18H,2,5-7,10-15H2,1H3. The second-order valence-corrected chi connectivity index (χ2v) is 8.30. The molecule has 28 heavy (non-hydrogen) atoms. The van der Waals surface area contributed by atoms with E-state index in [4.69, 9.17) is 0 Å². The minimum Gasteiger partial charge on any atom is -0.366 e. The molecule has 0 aromatic heterocycles. The van der Waals surface area contributed by atoms with E-state index >= 15 is 0 Å². The summed E-state index contributed by atoms with van der Waals surface area (Å²) in [4.78, 5) is 31.7. The first-order valence-electron chi connectivity index (χ1n) is 10.7. The van der Waals surface area contributed by atoms with Crippen LogP contribution in [0.2, 0.25) is 0 Å². The monoisotopic (exact) mass is 387 g/mol. The van der Waals surface area contributed by atoms with E-state index in [1.54, 1.807) is 12.1 Å². The number of hydrogen-bond donors (Lipinski definition) is 0. The number of benzene rings is 1. The second kappa shape index (κ2) is 8.10. The molecule has 0 radical (unpaired) electrons. The quantitative estimate of drug-likeness (QED) is 0.798. The molecule has 3 aliphatic rings. The molecule has 1 aromatic carbocycles. The van der Waals surface area contributed by atoms with Gasteiger partial charge in [-0.15, -0.1) is 0 Å². The summed E-state index contributed by atoms with van der Waals surface area (Å²) in [5.74, 6) is -0.190. The molecule has 2 amide bonds. The van der Waals surface area contributed by atoms with E-state index < -0.39 is 0 Å². The van der Waals surface area contributed by atoms with E-state index in [1.807, 2.05) is 20.8 Å². The van der Waals surface area contributed by atoms with Crippen LogP contribution in [0.5, 0.6) is 0 Å². The van der Waals surface area contributed by atoms with Gasteiger partial charge in [0.1, 0.15) is 5.82 Å². The van der Waals surface area contributed by atoms with Gasteiger partial charge in [0.15, 0.2) is 0 Å². The number of piperidine rings is 1. The average Bonchev–Trinajstić information content (AvgIpc) is 3.54. The SMILES string of the molecule is CCC1CCCCN1C(=O)C1CC1C(=O)N1CCN(c2ccccc2F)CC1. The summed E-state index contributed by atoms with van der Waals surface area (Å²) in [6.45, 7) is 5.42. The molecular weight excluding hydrogens is 357 g/mol. The van der Waals surface area contributed by atoms with Gasteiger partial charge >= 0.3 is 0 Å². The van der Waals surface area contributed by atoms with Crippen LogP contribution in [0.4, 0.5) is 10.1 Å². The Morgan fingerprint density at radius 3 is 2.43 bits per heavy atom. The minimum absolute atomic E-state index is 0.108. The number of anilines is 1. The van der Waals surface area contributed by atoms with Crippen LogP contribution in [0.15, 0.2) is 24.3 Å². The molecule has 6 heteroatoms. The predicted octanol–water partition coefficient (Wildman–Crippen LogP) is 2.90. The highest BCUT2D eigenvalue weighted by Gasteiger charge is 2.51. The van der Waals surface area contributed by atoms with Crippen molar-refractivity contribution in [1.82, 2.24) is 9.80 Å². The largest absolute Gasteiger partial charge is 0.366 e. The molecule has 4 rings (SSSR count). The van der Waals surface area contributed by atoms with E-state index in [0.29, 0.717) is 44.3 Å². The van der Waals surface area contributed by atoms with Crippen LogP contribution in [-0.2, 0) is 9.59 Å². The van der Waals surface area contributed by atoms with Crippen molar-refractivity contribution in [2.24, 2.45) is 11.8 Å². The number of halogens is 1. The lowest BCUT2D eigenvalue weighted by atomic mass is 9.99. The fraction of sp³-hybridized carbons (Fsp3) is 0.636. The lowest BCUT2D eigenvalue weighted by Gasteiger charge is -2.37. The molecule has 0 spiro atoms. The Labute approximate surface area is 166 Å². The van der Waals surface area contributed by atoms with E-state index in [9.17, 15) is 14.0 Å².